The lowest BCUT2D eigenvalue weighted by molar-refractivity contribution is -0.149. The summed E-state index contributed by atoms with van der Waals surface area (Å²) in [6.07, 6.45) is 5.46. The number of hydrogen-bond acceptors (Lipinski definition) is 4. The first kappa shape index (κ1) is 17.1. The van der Waals surface area contributed by atoms with Crippen LogP contribution in [0.15, 0.2) is 0 Å². The highest BCUT2D eigenvalue weighted by Gasteiger charge is 2.49. The van der Waals surface area contributed by atoms with E-state index >= 15 is 0 Å². The van der Waals surface area contributed by atoms with E-state index in [1.54, 1.807) is 4.90 Å². The Bertz CT molecular complexity index is 415. The lowest BCUT2D eigenvalue weighted by Gasteiger charge is -2.34. The van der Waals surface area contributed by atoms with Crippen molar-refractivity contribution in [3.8, 4) is 0 Å². The van der Waals surface area contributed by atoms with E-state index in [2.05, 4.69) is 0 Å². The molecule has 1 saturated heterocycles. The molecule has 5 heteroatoms. The van der Waals surface area contributed by atoms with Crippen LogP contribution in [0, 0.1) is 5.92 Å². The molecule has 0 bridgehead atoms. The van der Waals surface area contributed by atoms with Crippen molar-refractivity contribution in [1.29, 1.82) is 0 Å². The summed E-state index contributed by atoms with van der Waals surface area (Å²) in [6, 6.07) is -0.350. The van der Waals surface area contributed by atoms with E-state index in [4.69, 9.17) is 9.47 Å². The minimum absolute atomic E-state index is 0.128. The van der Waals surface area contributed by atoms with Crippen LogP contribution in [0.1, 0.15) is 66.2 Å². The predicted octanol–water partition coefficient (Wildman–Crippen LogP) is 3.51. The summed E-state index contributed by atoms with van der Waals surface area (Å²) in [5, 5.41) is 0. The van der Waals surface area contributed by atoms with E-state index in [-0.39, 0.29) is 18.1 Å². The molecule has 5 nitrogen and oxygen atoms in total. The number of amides is 1. The van der Waals surface area contributed by atoms with Crippen molar-refractivity contribution in [3.63, 3.8) is 0 Å². The smallest absolute Gasteiger partial charge is 0.411 e. The molecule has 126 valence electrons. The van der Waals surface area contributed by atoms with Gasteiger partial charge in [-0.2, -0.15) is 0 Å². The monoisotopic (exact) mass is 311 g/mol. The zero-order valence-electron chi connectivity index (χ0n) is 14.3. The van der Waals surface area contributed by atoms with E-state index in [0.717, 1.165) is 25.7 Å². The SMILES string of the molecule is CCCOC(=O)C1CC2CCCCC2N1C(=O)OC(C)(C)C. The Morgan fingerprint density at radius 1 is 1.18 bits per heavy atom. The first-order valence-corrected chi connectivity index (χ1v) is 8.51. The van der Waals surface area contributed by atoms with E-state index in [9.17, 15) is 9.59 Å². The number of hydrogen-bond donors (Lipinski definition) is 0. The van der Waals surface area contributed by atoms with Crippen LogP contribution >= 0.6 is 0 Å². The fourth-order valence-corrected chi connectivity index (χ4v) is 3.55. The maximum Gasteiger partial charge on any atom is 0.411 e. The predicted molar refractivity (Wildman–Crippen MR) is 83.5 cm³/mol. The highest BCUT2D eigenvalue weighted by Crippen LogP contribution is 2.40. The Morgan fingerprint density at radius 2 is 1.86 bits per heavy atom. The summed E-state index contributed by atoms with van der Waals surface area (Å²) in [5.74, 6) is 0.127. The lowest BCUT2D eigenvalue weighted by Crippen LogP contribution is -2.48. The molecular weight excluding hydrogens is 282 g/mol. The fraction of sp³-hybridized carbons (Fsp3) is 0.882. The van der Waals surface area contributed by atoms with Crippen LogP contribution in [0.4, 0.5) is 4.79 Å². The van der Waals surface area contributed by atoms with Crippen LogP contribution in [0.2, 0.25) is 0 Å². The molecule has 1 amide bonds. The van der Waals surface area contributed by atoms with Gasteiger partial charge in [-0.25, -0.2) is 9.59 Å². The van der Waals surface area contributed by atoms with Crippen molar-refractivity contribution < 1.29 is 19.1 Å². The molecule has 1 aliphatic carbocycles. The second-order valence-electron chi connectivity index (χ2n) is 7.42. The van der Waals surface area contributed by atoms with Gasteiger partial charge in [-0.1, -0.05) is 19.8 Å². The third kappa shape index (κ3) is 3.93. The van der Waals surface area contributed by atoms with Crippen molar-refractivity contribution in [3.05, 3.63) is 0 Å². The molecule has 0 N–H and O–H groups in total. The van der Waals surface area contributed by atoms with Crippen molar-refractivity contribution in [2.75, 3.05) is 6.61 Å². The molecule has 1 heterocycles. The number of carbonyl (C=O) groups is 2. The fourth-order valence-electron chi connectivity index (χ4n) is 3.55. The molecule has 2 fully saturated rings. The standard InChI is InChI=1S/C17H29NO4/c1-5-10-21-15(19)14-11-12-8-6-7-9-13(12)18(14)16(20)22-17(2,3)4/h12-14H,5-11H2,1-4H3. The second kappa shape index (κ2) is 6.88. The van der Waals surface area contributed by atoms with Crippen molar-refractivity contribution in [1.82, 2.24) is 4.90 Å². The van der Waals surface area contributed by atoms with Crippen LogP contribution in [0.25, 0.3) is 0 Å². The minimum Gasteiger partial charge on any atom is -0.464 e. The van der Waals surface area contributed by atoms with Gasteiger partial charge in [0.15, 0.2) is 0 Å². The number of nitrogens with zero attached hydrogens (tertiary/aromatic N) is 1. The van der Waals surface area contributed by atoms with Gasteiger partial charge in [0.05, 0.1) is 6.61 Å². The molecular formula is C17H29NO4. The van der Waals surface area contributed by atoms with Crippen LogP contribution < -0.4 is 0 Å². The highest BCUT2D eigenvalue weighted by atomic mass is 16.6. The normalized spacial score (nSPS) is 28.2. The van der Waals surface area contributed by atoms with E-state index in [1.165, 1.54) is 6.42 Å². The Morgan fingerprint density at radius 3 is 2.50 bits per heavy atom. The summed E-state index contributed by atoms with van der Waals surface area (Å²) < 4.78 is 10.8. The summed E-state index contributed by atoms with van der Waals surface area (Å²) in [4.78, 5) is 26.6. The number of rotatable bonds is 3. The van der Waals surface area contributed by atoms with Gasteiger partial charge in [0.25, 0.3) is 0 Å². The Hall–Kier alpha value is -1.26. The van der Waals surface area contributed by atoms with Crippen LogP contribution in [0.3, 0.4) is 0 Å². The van der Waals surface area contributed by atoms with Gasteiger partial charge in [-0.3, -0.25) is 4.90 Å². The van der Waals surface area contributed by atoms with Crippen LogP contribution in [-0.4, -0.2) is 41.3 Å². The molecule has 0 aromatic carbocycles. The largest absolute Gasteiger partial charge is 0.464 e. The van der Waals surface area contributed by atoms with Crippen molar-refractivity contribution >= 4 is 12.1 Å². The molecule has 0 aromatic heterocycles. The van der Waals surface area contributed by atoms with Crippen LogP contribution in [-0.2, 0) is 14.3 Å². The Balaban J connectivity index is 2.15. The van der Waals surface area contributed by atoms with Crippen molar-refractivity contribution in [2.45, 2.75) is 83.9 Å². The third-order valence-corrected chi connectivity index (χ3v) is 4.41. The summed E-state index contributed by atoms with van der Waals surface area (Å²) in [6.45, 7) is 7.93. The first-order valence-electron chi connectivity index (χ1n) is 8.51. The average Bonchev–Trinajstić information content (AvgIpc) is 2.82. The molecule has 1 aliphatic heterocycles. The molecule has 0 spiro atoms. The van der Waals surface area contributed by atoms with Gasteiger partial charge in [-0.15, -0.1) is 0 Å². The molecule has 2 rings (SSSR count). The van der Waals surface area contributed by atoms with E-state index in [1.807, 2.05) is 27.7 Å². The number of carbonyl (C=O) groups excluding carboxylic acids is 2. The quantitative estimate of drug-likeness (QED) is 0.748. The molecule has 1 saturated carbocycles. The van der Waals surface area contributed by atoms with Gasteiger partial charge >= 0.3 is 12.1 Å². The van der Waals surface area contributed by atoms with Gasteiger partial charge in [0.2, 0.25) is 0 Å². The lowest BCUT2D eigenvalue weighted by atomic mass is 9.85. The van der Waals surface area contributed by atoms with Gasteiger partial charge in [-0.05, 0) is 52.4 Å². The van der Waals surface area contributed by atoms with Gasteiger partial charge < -0.3 is 9.47 Å². The molecule has 22 heavy (non-hydrogen) atoms. The minimum atomic E-state index is -0.554. The van der Waals surface area contributed by atoms with E-state index < -0.39 is 11.6 Å². The summed E-state index contributed by atoms with van der Waals surface area (Å²) >= 11 is 0. The molecule has 3 unspecified atom stereocenters. The summed E-state index contributed by atoms with van der Waals surface area (Å²) in [5.41, 5.74) is -0.554. The Labute approximate surface area is 133 Å². The highest BCUT2D eigenvalue weighted by molar-refractivity contribution is 5.82. The average molecular weight is 311 g/mol. The molecule has 0 radical (unpaired) electrons. The zero-order chi connectivity index (χ0) is 16.3. The van der Waals surface area contributed by atoms with Gasteiger partial charge in [0, 0.05) is 6.04 Å². The Kier molecular flexibility index (Phi) is 5.35. The van der Waals surface area contributed by atoms with Crippen molar-refractivity contribution in [2.24, 2.45) is 5.92 Å². The molecule has 3 atom stereocenters. The topological polar surface area (TPSA) is 55.8 Å². The first-order chi connectivity index (χ1) is 10.3. The number of fused-ring (bicyclic) bond motifs is 1. The van der Waals surface area contributed by atoms with E-state index in [0.29, 0.717) is 18.9 Å². The maximum atomic E-state index is 12.6. The molecule has 2 aliphatic rings. The second-order valence-corrected chi connectivity index (χ2v) is 7.42. The number of ether oxygens (including phenoxy) is 2. The summed E-state index contributed by atoms with van der Waals surface area (Å²) in [7, 11) is 0. The number of likely N-dealkylation sites (tertiary alicyclic amines) is 1. The number of esters is 1. The van der Waals surface area contributed by atoms with Gasteiger partial charge in [0.1, 0.15) is 11.6 Å². The van der Waals surface area contributed by atoms with Crippen LogP contribution in [0.5, 0.6) is 0 Å². The third-order valence-electron chi connectivity index (χ3n) is 4.41. The zero-order valence-corrected chi connectivity index (χ0v) is 14.3. The molecule has 0 aromatic rings. The maximum absolute atomic E-state index is 12.6.